The second-order valence-corrected chi connectivity index (χ2v) is 3.18. The Morgan fingerprint density at radius 3 is 2.00 bits per heavy atom. The number of rotatable bonds is 2. The van der Waals surface area contributed by atoms with Crippen molar-refractivity contribution in [1.29, 1.82) is 0 Å². The number of nitrogens with zero attached hydrogens (tertiary/aromatic N) is 1. The molecule has 62 valence electrons. The monoisotopic (exact) mass is 155 g/mol. The van der Waals surface area contributed by atoms with Crippen LogP contribution < -0.4 is 0 Å². The number of hydrogen-bond acceptors (Lipinski definition) is 3. The van der Waals surface area contributed by atoms with Crippen LogP contribution in [-0.2, 0) is 9.47 Å². The molecular weight excluding hydrogens is 142 g/mol. The van der Waals surface area contributed by atoms with E-state index < -0.39 is 5.79 Å². The molecule has 0 aromatic rings. The number of likely N-dealkylation sites (N-methyl/N-ethyl adjacent to an activating group) is 1. The van der Waals surface area contributed by atoms with Gasteiger partial charge in [-0.1, -0.05) is 12.2 Å². The van der Waals surface area contributed by atoms with Crippen molar-refractivity contribution in [3.63, 3.8) is 0 Å². The average molecular weight is 155 g/mol. The summed E-state index contributed by atoms with van der Waals surface area (Å²) in [6, 6.07) is 0. The molecule has 0 aromatic heterocycles. The molecule has 1 spiro atoms. The zero-order chi connectivity index (χ0) is 8.11. The minimum atomic E-state index is -0.401. The first-order valence-corrected chi connectivity index (χ1v) is 3.73. The van der Waals surface area contributed by atoms with Crippen molar-refractivity contribution in [2.75, 3.05) is 27.8 Å². The van der Waals surface area contributed by atoms with Crippen molar-refractivity contribution in [3.05, 3.63) is 12.2 Å². The zero-order valence-electron chi connectivity index (χ0n) is 7.13. The lowest BCUT2D eigenvalue weighted by atomic mass is 9.90. The molecule has 0 saturated carbocycles. The van der Waals surface area contributed by atoms with Gasteiger partial charge in [0.05, 0.1) is 6.54 Å². The van der Waals surface area contributed by atoms with Crippen LogP contribution in [0.1, 0.15) is 0 Å². The Hall–Kier alpha value is -0.380. The van der Waals surface area contributed by atoms with E-state index in [1.54, 1.807) is 14.2 Å². The van der Waals surface area contributed by atoms with E-state index in [-0.39, 0.29) is 5.54 Å². The summed E-state index contributed by atoms with van der Waals surface area (Å²) >= 11 is 0. The molecule has 3 nitrogen and oxygen atoms in total. The molecule has 2 rings (SSSR count). The average Bonchev–Trinajstić information content (AvgIpc) is 2.80. The lowest BCUT2D eigenvalue weighted by Crippen LogP contribution is -2.73. The Balaban J connectivity index is 2.17. The van der Waals surface area contributed by atoms with Gasteiger partial charge in [-0.2, -0.15) is 0 Å². The van der Waals surface area contributed by atoms with Crippen LogP contribution in [0.3, 0.4) is 0 Å². The predicted octanol–water partition coefficient (Wildman–Crippen LogP) is 0.229. The summed E-state index contributed by atoms with van der Waals surface area (Å²) < 4.78 is 10.7. The van der Waals surface area contributed by atoms with E-state index in [4.69, 9.17) is 9.47 Å². The van der Waals surface area contributed by atoms with Crippen LogP contribution in [0, 0.1) is 0 Å². The maximum atomic E-state index is 5.34. The van der Waals surface area contributed by atoms with Gasteiger partial charge in [-0.3, -0.25) is 4.90 Å². The van der Waals surface area contributed by atoms with Gasteiger partial charge >= 0.3 is 0 Å². The van der Waals surface area contributed by atoms with Crippen molar-refractivity contribution >= 4 is 0 Å². The smallest absolute Gasteiger partial charge is 0.206 e. The van der Waals surface area contributed by atoms with Gasteiger partial charge in [-0.05, 0) is 7.05 Å². The standard InChI is InChI=1S/C8H13NO2/c1-9-6-8(10-2,11-3)7(9)4-5-7/h4-5H,6H2,1-3H3. The number of ether oxygens (including phenoxy) is 2. The molecule has 1 fully saturated rings. The molecular formula is C8H13NO2. The maximum Gasteiger partial charge on any atom is 0.206 e. The van der Waals surface area contributed by atoms with Crippen molar-refractivity contribution in [1.82, 2.24) is 4.90 Å². The summed E-state index contributed by atoms with van der Waals surface area (Å²) in [5.41, 5.74) is -0.0174. The summed E-state index contributed by atoms with van der Waals surface area (Å²) in [5, 5.41) is 0. The lowest BCUT2D eigenvalue weighted by molar-refractivity contribution is -0.308. The van der Waals surface area contributed by atoms with E-state index >= 15 is 0 Å². The van der Waals surface area contributed by atoms with Crippen LogP contribution in [0.5, 0.6) is 0 Å². The molecule has 1 saturated heterocycles. The Morgan fingerprint density at radius 1 is 1.27 bits per heavy atom. The third-order valence-corrected chi connectivity index (χ3v) is 2.83. The van der Waals surface area contributed by atoms with Crippen molar-refractivity contribution in [2.45, 2.75) is 11.3 Å². The fraction of sp³-hybridized carbons (Fsp3) is 0.750. The highest BCUT2D eigenvalue weighted by Gasteiger charge is 2.67. The van der Waals surface area contributed by atoms with Gasteiger partial charge in [0, 0.05) is 14.2 Å². The molecule has 1 aliphatic carbocycles. The molecule has 1 aliphatic heterocycles. The Kier molecular flexibility index (Phi) is 1.23. The molecule has 0 amide bonds. The summed E-state index contributed by atoms with van der Waals surface area (Å²) in [7, 11) is 5.45. The predicted molar refractivity (Wildman–Crippen MR) is 41.3 cm³/mol. The molecule has 2 aliphatic rings. The van der Waals surface area contributed by atoms with Gasteiger partial charge < -0.3 is 9.47 Å². The molecule has 0 aromatic carbocycles. The second kappa shape index (κ2) is 1.86. The molecule has 0 unspecified atom stereocenters. The SMILES string of the molecule is COC1(OC)CN(C)C12C=C2. The van der Waals surface area contributed by atoms with Crippen LogP contribution in [-0.4, -0.2) is 44.0 Å². The minimum Gasteiger partial charge on any atom is -0.350 e. The minimum absolute atomic E-state index is 0.0174. The van der Waals surface area contributed by atoms with Crippen molar-refractivity contribution in [2.24, 2.45) is 0 Å². The molecule has 1 heterocycles. The van der Waals surface area contributed by atoms with E-state index in [1.165, 1.54) is 0 Å². The van der Waals surface area contributed by atoms with Gasteiger partial charge in [-0.25, -0.2) is 0 Å². The number of likely N-dealkylation sites (tertiary alicyclic amines) is 1. The third-order valence-electron chi connectivity index (χ3n) is 2.83. The highest BCUT2D eigenvalue weighted by molar-refractivity contribution is 5.44. The molecule has 0 atom stereocenters. The topological polar surface area (TPSA) is 21.7 Å². The van der Waals surface area contributed by atoms with Crippen LogP contribution in [0.25, 0.3) is 0 Å². The molecule has 0 bridgehead atoms. The Morgan fingerprint density at radius 2 is 1.82 bits per heavy atom. The van der Waals surface area contributed by atoms with Crippen molar-refractivity contribution < 1.29 is 9.47 Å². The highest BCUT2D eigenvalue weighted by atomic mass is 16.7. The Labute approximate surface area is 66.6 Å². The van der Waals surface area contributed by atoms with Crippen LogP contribution in [0.15, 0.2) is 12.2 Å². The van der Waals surface area contributed by atoms with E-state index in [0.717, 1.165) is 6.54 Å². The zero-order valence-corrected chi connectivity index (χ0v) is 7.13. The summed E-state index contributed by atoms with van der Waals surface area (Å²) in [5.74, 6) is -0.401. The van der Waals surface area contributed by atoms with Crippen molar-refractivity contribution in [3.8, 4) is 0 Å². The van der Waals surface area contributed by atoms with Crippen LogP contribution in [0.2, 0.25) is 0 Å². The van der Waals surface area contributed by atoms with E-state index in [1.807, 2.05) is 0 Å². The van der Waals surface area contributed by atoms with Gasteiger partial charge in [0.25, 0.3) is 0 Å². The fourth-order valence-corrected chi connectivity index (χ4v) is 1.90. The number of hydrogen-bond donors (Lipinski definition) is 0. The normalized spacial score (nSPS) is 30.5. The summed E-state index contributed by atoms with van der Waals surface area (Å²) in [4.78, 5) is 2.21. The first-order chi connectivity index (χ1) is 5.21. The van der Waals surface area contributed by atoms with Gasteiger partial charge in [0.1, 0.15) is 5.54 Å². The van der Waals surface area contributed by atoms with Crippen LogP contribution in [0.4, 0.5) is 0 Å². The van der Waals surface area contributed by atoms with E-state index in [9.17, 15) is 0 Å². The summed E-state index contributed by atoms with van der Waals surface area (Å²) in [6.07, 6.45) is 4.23. The second-order valence-electron chi connectivity index (χ2n) is 3.18. The highest BCUT2D eigenvalue weighted by Crippen LogP contribution is 2.51. The maximum absolute atomic E-state index is 5.34. The molecule has 0 N–H and O–H groups in total. The van der Waals surface area contributed by atoms with Gasteiger partial charge in [-0.15, -0.1) is 0 Å². The molecule has 3 heteroatoms. The lowest BCUT2D eigenvalue weighted by Gasteiger charge is -2.55. The van der Waals surface area contributed by atoms with Gasteiger partial charge in [0.2, 0.25) is 5.79 Å². The van der Waals surface area contributed by atoms with E-state index in [2.05, 4.69) is 24.1 Å². The summed E-state index contributed by atoms with van der Waals surface area (Å²) in [6.45, 7) is 0.840. The fourth-order valence-electron chi connectivity index (χ4n) is 1.90. The Bertz CT molecular complexity index is 202. The largest absolute Gasteiger partial charge is 0.350 e. The third kappa shape index (κ3) is 0.596. The molecule has 0 radical (unpaired) electrons. The number of methoxy groups -OCH3 is 2. The van der Waals surface area contributed by atoms with E-state index in [0.29, 0.717) is 0 Å². The quantitative estimate of drug-likeness (QED) is 0.421. The first-order valence-electron chi connectivity index (χ1n) is 3.73. The van der Waals surface area contributed by atoms with Gasteiger partial charge in [0.15, 0.2) is 0 Å². The molecule has 11 heavy (non-hydrogen) atoms. The first kappa shape index (κ1) is 7.28. The van der Waals surface area contributed by atoms with Crippen LogP contribution >= 0.6 is 0 Å².